The second kappa shape index (κ2) is 5.65. The molecular formula is C14H17N3O2. The maximum Gasteiger partial charge on any atom is 0.330 e. The topological polar surface area (TPSA) is 57.0 Å². The molecule has 0 unspecified atom stereocenters. The van der Waals surface area contributed by atoms with Crippen LogP contribution in [-0.4, -0.2) is 27.6 Å². The first-order valence-electron chi connectivity index (χ1n) is 6.35. The zero-order valence-electron chi connectivity index (χ0n) is 11.4. The van der Waals surface area contributed by atoms with Crippen molar-refractivity contribution in [2.45, 2.75) is 27.3 Å². The van der Waals surface area contributed by atoms with Crippen molar-refractivity contribution in [3.05, 3.63) is 29.3 Å². The number of carbonyl (C=O) groups is 1. The van der Waals surface area contributed by atoms with E-state index in [1.54, 1.807) is 13.0 Å². The minimum Gasteiger partial charge on any atom is -0.463 e. The van der Waals surface area contributed by atoms with E-state index in [9.17, 15) is 4.79 Å². The molecule has 0 saturated carbocycles. The molecule has 0 N–H and O–H groups in total. The van der Waals surface area contributed by atoms with Crippen LogP contribution in [0.1, 0.15) is 25.0 Å². The third-order valence-corrected chi connectivity index (χ3v) is 2.97. The molecule has 1 aromatic heterocycles. The number of hydrogen-bond donors (Lipinski definition) is 0. The van der Waals surface area contributed by atoms with E-state index in [2.05, 4.69) is 10.3 Å². The number of hydrogen-bond acceptors (Lipinski definition) is 4. The molecule has 0 fully saturated rings. The molecule has 0 radical (unpaired) electrons. The summed E-state index contributed by atoms with van der Waals surface area (Å²) in [6, 6.07) is 3.93. The van der Waals surface area contributed by atoms with Crippen LogP contribution in [0.25, 0.3) is 17.1 Å². The number of ether oxygens (including phenoxy) is 1. The summed E-state index contributed by atoms with van der Waals surface area (Å²) in [6.07, 6.45) is 3.18. The van der Waals surface area contributed by atoms with Gasteiger partial charge in [0.1, 0.15) is 5.52 Å². The van der Waals surface area contributed by atoms with Crippen molar-refractivity contribution in [1.29, 1.82) is 0 Å². The number of nitrogens with zero attached hydrogens (tertiary/aromatic N) is 3. The van der Waals surface area contributed by atoms with Gasteiger partial charge in [-0.15, -0.1) is 5.10 Å². The van der Waals surface area contributed by atoms with Gasteiger partial charge >= 0.3 is 5.97 Å². The highest BCUT2D eigenvalue weighted by Gasteiger charge is 2.08. The summed E-state index contributed by atoms with van der Waals surface area (Å²) in [5, 5.41) is 8.27. The highest BCUT2D eigenvalue weighted by Crippen LogP contribution is 2.20. The van der Waals surface area contributed by atoms with Gasteiger partial charge in [-0.3, -0.25) is 0 Å². The van der Waals surface area contributed by atoms with Crippen molar-refractivity contribution in [2.24, 2.45) is 0 Å². The monoisotopic (exact) mass is 259 g/mol. The van der Waals surface area contributed by atoms with Gasteiger partial charge in [-0.1, -0.05) is 11.3 Å². The Kier molecular flexibility index (Phi) is 3.94. The Hall–Kier alpha value is -2.17. The van der Waals surface area contributed by atoms with Gasteiger partial charge in [-0.05, 0) is 44.0 Å². The number of benzene rings is 1. The molecule has 0 amide bonds. The van der Waals surface area contributed by atoms with Crippen molar-refractivity contribution < 1.29 is 9.53 Å². The van der Waals surface area contributed by atoms with Gasteiger partial charge in [0.05, 0.1) is 12.1 Å². The Morgan fingerprint density at radius 3 is 2.89 bits per heavy atom. The lowest BCUT2D eigenvalue weighted by Gasteiger charge is -2.02. The Balaban J connectivity index is 2.35. The summed E-state index contributed by atoms with van der Waals surface area (Å²) in [4.78, 5) is 11.3. The van der Waals surface area contributed by atoms with Gasteiger partial charge < -0.3 is 4.74 Å². The van der Waals surface area contributed by atoms with Crippen LogP contribution < -0.4 is 0 Å². The molecule has 1 heterocycles. The largest absolute Gasteiger partial charge is 0.463 e. The van der Waals surface area contributed by atoms with E-state index in [-0.39, 0.29) is 5.97 Å². The van der Waals surface area contributed by atoms with Crippen LogP contribution in [0.3, 0.4) is 0 Å². The van der Waals surface area contributed by atoms with Gasteiger partial charge in [-0.25, -0.2) is 9.48 Å². The number of carbonyl (C=O) groups excluding carboxylic acids is 1. The fraction of sp³-hybridized carbons (Fsp3) is 0.357. The smallest absolute Gasteiger partial charge is 0.330 e. The lowest BCUT2D eigenvalue weighted by molar-refractivity contribution is -0.137. The lowest BCUT2D eigenvalue weighted by atomic mass is 10.1. The van der Waals surface area contributed by atoms with Gasteiger partial charge in [0, 0.05) is 12.6 Å². The van der Waals surface area contributed by atoms with E-state index in [4.69, 9.17) is 4.74 Å². The minimum absolute atomic E-state index is 0.334. The van der Waals surface area contributed by atoms with E-state index in [0.717, 1.165) is 28.7 Å². The summed E-state index contributed by atoms with van der Waals surface area (Å²) in [7, 11) is 0. The molecule has 19 heavy (non-hydrogen) atoms. The van der Waals surface area contributed by atoms with Crippen LogP contribution in [0.15, 0.2) is 18.2 Å². The van der Waals surface area contributed by atoms with Gasteiger partial charge in [-0.2, -0.15) is 0 Å². The molecule has 2 aromatic rings. The van der Waals surface area contributed by atoms with Crippen molar-refractivity contribution in [3.63, 3.8) is 0 Å². The third-order valence-electron chi connectivity index (χ3n) is 2.97. The van der Waals surface area contributed by atoms with E-state index in [1.165, 1.54) is 6.08 Å². The number of rotatable bonds is 4. The molecule has 0 aliphatic rings. The molecule has 5 heteroatoms. The molecule has 0 aliphatic heterocycles. The van der Waals surface area contributed by atoms with Crippen molar-refractivity contribution in [3.8, 4) is 0 Å². The van der Waals surface area contributed by atoms with Crippen molar-refractivity contribution >= 4 is 23.1 Å². The van der Waals surface area contributed by atoms with E-state index in [1.807, 2.05) is 30.7 Å². The first-order valence-corrected chi connectivity index (χ1v) is 6.35. The Morgan fingerprint density at radius 1 is 1.42 bits per heavy atom. The number of esters is 1. The maximum atomic E-state index is 11.3. The van der Waals surface area contributed by atoms with Crippen LogP contribution >= 0.6 is 0 Å². The highest BCUT2D eigenvalue weighted by atomic mass is 16.5. The zero-order valence-corrected chi connectivity index (χ0v) is 11.4. The predicted molar refractivity (Wildman–Crippen MR) is 73.6 cm³/mol. The summed E-state index contributed by atoms with van der Waals surface area (Å²) >= 11 is 0. The molecule has 100 valence electrons. The molecule has 0 bridgehead atoms. The van der Waals surface area contributed by atoms with Crippen LogP contribution in [0.2, 0.25) is 0 Å². The fourth-order valence-corrected chi connectivity index (χ4v) is 1.95. The Morgan fingerprint density at radius 2 is 2.21 bits per heavy atom. The summed E-state index contributed by atoms with van der Waals surface area (Å²) in [6.45, 7) is 6.95. The van der Waals surface area contributed by atoms with Crippen LogP contribution in [0.5, 0.6) is 0 Å². The minimum atomic E-state index is -0.334. The maximum absolute atomic E-state index is 11.3. The molecule has 5 nitrogen and oxygen atoms in total. The molecule has 0 aliphatic carbocycles. The Bertz CT molecular complexity index is 629. The zero-order chi connectivity index (χ0) is 13.8. The van der Waals surface area contributed by atoms with Gasteiger partial charge in [0.25, 0.3) is 0 Å². The lowest BCUT2D eigenvalue weighted by Crippen LogP contribution is -1.99. The first-order chi connectivity index (χ1) is 9.17. The van der Waals surface area contributed by atoms with Crippen LogP contribution in [0, 0.1) is 6.92 Å². The summed E-state index contributed by atoms with van der Waals surface area (Å²) in [5.41, 5.74) is 3.84. The molecule has 0 saturated heterocycles. The molecule has 2 rings (SSSR count). The quantitative estimate of drug-likeness (QED) is 0.624. The number of aromatic nitrogens is 3. The molecule has 0 atom stereocenters. The summed E-state index contributed by atoms with van der Waals surface area (Å²) in [5.74, 6) is -0.334. The molecule has 1 aromatic carbocycles. The summed E-state index contributed by atoms with van der Waals surface area (Å²) < 4.78 is 6.70. The van der Waals surface area contributed by atoms with E-state index in [0.29, 0.717) is 6.61 Å². The number of fused-ring (bicyclic) bond motifs is 1. The fourth-order valence-electron chi connectivity index (χ4n) is 1.95. The second-order valence-corrected chi connectivity index (χ2v) is 4.14. The standard InChI is InChI=1S/C14H17N3O2/c1-4-17-12-8-6-11(7-9-13(18)19-5-2)10(3)14(12)15-16-17/h6-9H,4-5H2,1-3H3/b9-7+. The normalized spacial score (nSPS) is 11.3. The van der Waals surface area contributed by atoms with Gasteiger partial charge in [0.15, 0.2) is 0 Å². The van der Waals surface area contributed by atoms with E-state index >= 15 is 0 Å². The van der Waals surface area contributed by atoms with Crippen LogP contribution in [0.4, 0.5) is 0 Å². The van der Waals surface area contributed by atoms with E-state index < -0.39 is 0 Å². The number of aryl methyl sites for hydroxylation is 2. The first kappa shape index (κ1) is 13.3. The Labute approximate surface area is 111 Å². The second-order valence-electron chi connectivity index (χ2n) is 4.14. The molecular weight excluding hydrogens is 242 g/mol. The average molecular weight is 259 g/mol. The molecule has 0 spiro atoms. The highest BCUT2D eigenvalue weighted by molar-refractivity contribution is 5.89. The van der Waals surface area contributed by atoms with Crippen molar-refractivity contribution in [1.82, 2.24) is 15.0 Å². The average Bonchev–Trinajstić information content (AvgIpc) is 2.82. The van der Waals surface area contributed by atoms with Gasteiger partial charge in [0.2, 0.25) is 0 Å². The SMILES string of the molecule is CCOC(=O)/C=C/c1ccc2c(nnn2CC)c1C. The predicted octanol–water partition coefficient (Wildman–Crippen LogP) is 2.34. The third kappa shape index (κ3) is 2.65. The van der Waals surface area contributed by atoms with Crippen molar-refractivity contribution in [2.75, 3.05) is 6.61 Å². The van der Waals surface area contributed by atoms with Crippen LogP contribution in [-0.2, 0) is 16.1 Å².